The van der Waals surface area contributed by atoms with Crippen molar-refractivity contribution in [2.45, 2.75) is 13.3 Å². The number of nitriles is 1. The Labute approximate surface area is 158 Å². The summed E-state index contributed by atoms with van der Waals surface area (Å²) >= 11 is 0. The quantitative estimate of drug-likeness (QED) is 0.812. The van der Waals surface area contributed by atoms with E-state index in [-0.39, 0.29) is 24.8 Å². The zero-order chi connectivity index (χ0) is 19.8. The van der Waals surface area contributed by atoms with E-state index in [1.165, 1.54) is 18.9 Å². The monoisotopic (exact) mass is 367 g/mol. The molecule has 27 heavy (non-hydrogen) atoms. The van der Waals surface area contributed by atoms with Crippen molar-refractivity contribution in [2.75, 3.05) is 31.0 Å². The first-order chi connectivity index (χ1) is 13.0. The van der Waals surface area contributed by atoms with Gasteiger partial charge in [0, 0.05) is 31.6 Å². The van der Waals surface area contributed by atoms with Gasteiger partial charge in [-0.3, -0.25) is 9.59 Å². The van der Waals surface area contributed by atoms with E-state index in [2.05, 4.69) is 5.32 Å². The highest BCUT2D eigenvalue weighted by Gasteiger charge is 2.18. The number of carbonyl (C=O) groups is 2. The minimum atomic E-state index is -0.238. The fourth-order valence-electron chi connectivity index (χ4n) is 2.52. The number of rotatable bonds is 7. The molecule has 2 rings (SSSR count). The van der Waals surface area contributed by atoms with E-state index in [9.17, 15) is 9.59 Å². The summed E-state index contributed by atoms with van der Waals surface area (Å²) in [7, 11) is 3.05. The second kappa shape index (κ2) is 9.25. The first kappa shape index (κ1) is 19.8. The van der Waals surface area contributed by atoms with Crippen LogP contribution in [0.4, 0.5) is 11.4 Å². The predicted molar refractivity (Wildman–Crippen MR) is 102 cm³/mol. The molecule has 0 fully saturated rings. The maximum absolute atomic E-state index is 12.2. The van der Waals surface area contributed by atoms with Crippen LogP contribution in [0.15, 0.2) is 42.5 Å². The molecule has 0 saturated carbocycles. The van der Waals surface area contributed by atoms with Crippen molar-refractivity contribution < 1.29 is 19.1 Å². The van der Waals surface area contributed by atoms with Crippen LogP contribution in [0.25, 0.3) is 0 Å². The van der Waals surface area contributed by atoms with Crippen LogP contribution >= 0.6 is 0 Å². The molecule has 1 N–H and O–H groups in total. The number of carbonyl (C=O) groups excluding carboxylic acids is 2. The smallest absolute Gasteiger partial charge is 0.226 e. The Balaban J connectivity index is 2.07. The van der Waals surface area contributed by atoms with Crippen molar-refractivity contribution in [1.29, 1.82) is 5.26 Å². The second-order valence-corrected chi connectivity index (χ2v) is 5.70. The van der Waals surface area contributed by atoms with Gasteiger partial charge in [0.05, 0.1) is 31.5 Å². The molecule has 0 atom stereocenters. The number of anilines is 2. The minimum Gasteiger partial charge on any atom is -0.497 e. The number of benzene rings is 2. The van der Waals surface area contributed by atoms with Crippen LogP contribution in [0.2, 0.25) is 0 Å². The molecule has 7 heteroatoms. The number of amides is 2. The summed E-state index contributed by atoms with van der Waals surface area (Å²) in [4.78, 5) is 25.8. The highest BCUT2D eigenvalue weighted by molar-refractivity contribution is 5.95. The normalized spacial score (nSPS) is 9.85. The van der Waals surface area contributed by atoms with Crippen LogP contribution in [-0.4, -0.2) is 32.6 Å². The lowest BCUT2D eigenvalue weighted by atomic mass is 10.2. The summed E-state index contributed by atoms with van der Waals surface area (Å²) in [5.74, 6) is 0.651. The Hall–Kier alpha value is -3.53. The van der Waals surface area contributed by atoms with Crippen LogP contribution in [0.5, 0.6) is 11.5 Å². The number of nitrogens with one attached hydrogen (secondary N) is 1. The van der Waals surface area contributed by atoms with Gasteiger partial charge in [0.15, 0.2) is 0 Å². The lowest BCUT2D eigenvalue weighted by Gasteiger charge is -2.23. The van der Waals surface area contributed by atoms with Crippen LogP contribution in [-0.2, 0) is 9.59 Å². The molecule has 0 heterocycles. The fourth-order valence-corrected chi connectivity index (χ4v) is 2.52. The van der Waals surface area contributed by atoms with Gasteiger partial charge in [0.25, 0.3) is 0 Å². The van der Waals surface area contributed by atoms with E-state index in [0.717, 1.165) is 0 Å². The summed E-state index contributed by atoms with van der Waals surface area (Å²) in [6.45, 7) is 1.63. The maximum Gasteiger partial charge on any atom is 0.226 e. The number of ether oxygens (including phenoxy) is 2. The van der Waals surface area contributed by atoms with Gasteiger partial charge in [0.1, 0.15) is 11.5 Å². The topological polar surface area (TPSA) is 91.7 Å². The van der Waals surface area contributed by atoms with Gasteiger partial charge in [-0.25, -0.2) is 0 Å². The number of hydrogen-bond acceptors (Lipinski definition) is 5. The molecule has 2 amide bonds. The first-order valence-electron chi connectivity index (χ1n) is 8.28. The first-order valence-corrected chi connectivity index (χ1v) is 8.28. The maximum atomic E-state index is 12.2. The second-order valence-electron chi connectivity index (χ2n) is 5.70. The van der Waals surface area contributed by atoms with Gasteiger partial charge in [-0.05, 0) is 36.4 Å². The van der Waals surface area contributed by atoms with Crippen molar-refractivity contribution in [2.24, 2.45) is 0 Å². The molecular formula is C20H21N3O4. The number of hydrogen-bond donors (Lipinski definition) is 1. The van der Waals surface area contributed by atoms with Crippen LogP contribution in [0, 0.1) is 11.3 Å². The molecule has 0 spiro atoms. The Kier molecular flexibility index (Phi) is 6.78. The third-order valence-corrected chi connectivity index (χ3v) is 3.92. The van der Waals surface area contributed by atoms with E-state index in [0.29, 0.717) is 28.4 Å². The molecule has 0 aromatic heterocycles. The molecule has 140 valence electrons. The SMILES string of the molecule is COc1ccc(N(CCC(=O)Nc2ccc(C#N)cc2)C(C)=O)c(OC)c1. The zero-order valence-corrected chi connectivity index (χ0v) is 15.5. The molecule has 0 aliphatic heterocycles. The molecule has 0 radical (unpaired) electrons. The predicted octanol–water partition coefficient (Wildman–Crippen LogP) is 2.96. The largest absolute Gasteiger partial charge is 0.497 e. The summed E-state index contributed by atoms with van der Waals surface area (Å²) in [6.07, 6.45) is 0.106. The molecule has 0 aliphatic rings. The molecule has 0 saturated heterocycles. The Morgan fingerprint density at radius 3 is 2.37 bits per heavy atom. The Morgan fingerprint density at radius 1 is 1.11 bits per heavy atom. The van der Waals surface area contributed by atoms with Crippen LogP contribution in [0.3, 0.4) is 0 Å². The van der Waals surface area contributed by atoms with Crippen molar-refractivity contribution in [3.05, 3.63) is 48.0 Å². The molecule has 0 bridgehead atoms. The minimum absolute atomic E-state index is 0.106. The van der Waals surface area contributed by atoms with E-state index in [1.54, 1.807) is 49.6 Å². The van der Waals surface area contributed by atoms with Gasteiger partial charge in [0.2, 0.25) is 11.8 Å². The van der Waals surface area contributed by atoms with E-state index >= 15 is 0 Å². The van der Waals surface area contributed by atoms with Gasteiger partial charge < -0.3 is 19.7 Å². The highest BCUT2D eigenvalue weighted by Crippen LogP contribution is 2.32. The van der Waals surface area contributed by atoms with Gasteiger partial charge in [-0.2, -0.15) is 5.26 Å². The fraction of sp³-hybridized carbons (Fsp3) is 0.250. The van der Waals surface area contributed by atoms with Crippen molar-refractivity contribution in [3.63, 3.8) is 0 Å². The van der Waals surface area contributed by atoms with Crippen molar-refractivity contribution in [1.82, 2.24) is 0 Å². The van der Waals surface area contributed by atoms with Gasteiger partial charge >= 0.3 is 0 Å². The average Bonchev–Trinajstić information content (AvgIpc) is 2.68. The van der Waals surface area contributed by atoms with Crippen LogP contribution < -0.4 is 19.7 Å². The zero-order valence-electron chi connectivity index (χ0n) is 15.5. The molecule has 2 aromatic rings. The highest BCUT2D eigenvalue weighted by atomic mass is 16.5. The van der Waals surface area contributed by atoms with Gasteiger partial charge in [-0.15, -0.1) is 0 Å². The summed E-state index contributed by atoms with van der Waals surface area (Å²) in [5.41, 5.74) is 1.68. The summed E-state index contributed by atoms with van der Waals surface area (Å²) in [6, 6.07) is 13.7. The van der Waals surface area contributed by atoms with Crippen LogP contribution in [0.1, 0.15) is 18.9 Å². The molecular weight excluding hydrogens is 346 g/mol. The molecule has 0 unspecified atom stereocenters. The number of methoxy groups -OCH3 is 2. The van der Waals surface area contributed by atoms with E-state index < -0.39 is 0 Å². The molecule has 2 aromatic carbocycles. The van der Waals surface area contributed by atoms with E-state index in [1.807, 2.05) is 6.07 Å². The van der Waals surface area contributed by atoms with Gasteiger partial charge in [-0.1, -0.05) is 0 Å². The lowest BCUT2D eigenvalue weighted by Crippen LogP contribution is -2.32. The van der Waals surface area contributed by atoms with E-state index in [4.69, 9.17) is 14.7 Å². The van der Waals surface area contributed by atoms with Crippen molar-refractivity contribution in [3.8, 4) is 17.6 Å². The Bertz CT molecular complexity index is 857. The average molecular weight is 367 g/mol. The summed E-state index contributed by atoms with van der Waals surface area (Å²) in [5, 5.41) is 11.5. The Morgan fingerprint density at radius 2 is 1.81 bits per heavy atom. The molecule has 0 aliphatic carbocycles. The molecule has 7 nitrogen and oxygen atoms in total. The third-order valence-electron chi connectivity index (χ3n) is 3.92. The number of nitrogens with zero attached hydrogens (tertiary/aromatic N) is 2. The third kappa shape index (κ3) is 5.22. The standard InChI is InChI=1S/C20H21N3O4/c1-14(24)23(18-9-8-17(26-2)12-19(18)27-3)11-10-20(25)22-16-6-4-15(13-21)5-7-16/h4-9,12H,10-11H2,1-3H3,(H,22,25). The summed E-state index contributed by atoms with van der Waals surface area (Å²) < 4.78 is 10.5. The van der Waals surface area contributed by atoms with Crippen molar-refractivity contribution >= 4 is 23.2 Å². The lowest BCUT2D eigenvalue weighted by molar-refractivity contribution is -0.117.